The smallest absolute Gasteiger partial charge is 0.185 e. The number of hydrogen-bond donors (Lipinski definition) is 1. The highest BCUT2D eigenvalue weighted by molar-refractivity contribution is 7.13. The summed E-state index contributed by atoms with van der Waals surface area (Å²) in [6, 6.07) is 0.637. The van der Waals surface area contributed by atoms with Gasteiger partial charge in [0.05, 0.1) is 0 Å². The lowest BCUT2D eigenvalue weighted by atomic mass is 10.1. The highest BCUT2D eigenvalue weighted by Crippen LogP contribution is 2.21. The predicted molar refractivity (Wildman–Crippen MR) is 56.4 cm³/mol. The second kappa shape index (κ2) is 4.07. The Hall–Kier alpha value is -0.610. The number of piperidine rings is 1. The largest absolute Gasteiger partial charge is 0.347 e. The van der Waals surface area contributed by atoms with Crippen molar-refractivity contribution in [2.45, 2.75) is 18.9 Å². The van der Waals surface area contributed by atoms with Gasteiger partial charge < -0.3 is 10.2 Å². The van der Waals surface area contributed by atoms with Crippen LogP contribution < -0.4 is 10.2 Å². The van der Waals surface area contributed by atoms with E-state index in [1.807, 2.05) is 18.6 Å². The third-order valence-electron chi connectivity index (χ3n) is 2.52. The summed E-state index contributed by atoms with van der Waals surface area (Å²) in [4.78, 5) is 6.70. The van der Waals surface area contributed by atoms with Crippen molar-refractivity contribution >= 4 is 16.5 Å². The highest BCUT2D eigenvalue weighted by Gasteiger charge is 2.19. The summed E-state index contributed by atoms with van der Waals surface area (Å²) < 4.78 is 0. The third kappa shape index (κ3) is 2.00. The second-order valence-electron chi connectivity index (χ2n) is 3.39. The van der Waals surface area contributed by atoms with Crippen LogP contribution in [0.5, 0.6) is 0 Å². The van der Waals surface area contributed by atoms with Gasteiger partial charge in [0.1, 0.15) is 0 Å². The fraction of sp³-hybridized carbons (Fsp3) is 0.667. The van der Waals surface area contributed by atoms with Gasteiger partial charge in [0.2, 0.25) is 0 Å². The van der Waals surface area contributed by atoms with Gasteiger partial charge in [-0.05, 0) is 19.9 Å². The van der Waals surface area contributed by atoms with Crippen molar-refractivity contribution in [3.8, 4) is 0 Å². The summed E-state index contributed by atoms with van der Waals surface area (Å²) >= 11 is 1.73. The lowest BCUT2D eigenvalue weighted by molar-refractivity contribution is 0.449. The van der Waals surface area contributed by atoms with Crippen LogP contribution in [0, 0.1) is 0 Å². The zero-order valence-electron chi connectivity index (χ0n) is 7.86. The van der Waals surface area contributed by atoms with E-state index >= 15 is 0 Å². The number of nitrogens with one attached hydrogen (secondary N) is 1. The van der Waals surface area contributed by atoms with Crippen LogP contribution in [0.3, 0.4) is 0 Å². The summed E-state index contributed by atoms with van der Waals surface area (Å²) in [5.74, 6) is 0. The average Bonchev–Trinajstić information content (AvgIpc) is 2.71. The molecule has 1 aliphatic rings. The molecule has 2 heterocycles. The van der Waals surface area contributed by atoms with E-state index in [-0.39, 0.29) is 0 Å². The minimum absolute atomic E-state index is 0.637. The number of nitrogens with zero attached hydrogens (tertiary/aromatic N) is 2. The quantitative estimate of drug-likeness (QED) is 0.775. The maximum absolute atomic E-state index is 4.33. The number of aromatic nitrogens is 1. The van der Waals surface area contributed by atoms with Crippen LogP contribution in [0.2, 0.25) is 0 Å². The summed E-state index contributed by atoms with van der Waals surface area (Å²) in [7, 11) is 2.04. The Morgan fingerprint density at radius 2 is 2.62 bits per heavy atom. The van der Waals surface area contributed by atoms with E-state index in [0.717, 1.165) is 13.1 Å². The van der Waals surface area contributed by atoms with Crippen LogP contribution >= 0.6 is 11.3 Å². The average molecular weight is 197 g/mol. The van der Waals surface area contributed by atoms with Gasteiger partial charge in [0.15, 0.2) is 5.13 Å². The van der Waals surface area contributed by atoms with E-state index < -0.39 is 0 Å². The van der Waals surface area contributed by atoms with E-state index in [1.165, 1.54) is 18.0 Å². The van der Waals surface area contributed by atoms with Crippen molar-refractivity contribution in [3.05, 3.63) is 11.6 Å². The molecule has 0 saturated carbocycles. The first-order valence-corrected chi connectivity index (χ1v) is 5.60. The molecule has 1 N–H and O–H groups in total. The van der Waals surface area contributed by atoms with E-state index in [1.54, 1.807) is 11.3 Å². The van der Waals surface area contributed by atoms with E-state index in [4.69, 9.17) is 0 Å². The van der Waals surface area contributed by atoms with Gasteiger partial charge >= 0.3 is 0 Å². The van der Waals surface area contributed by atoms with Crippen LogP contribution in [0.15, 0.2) is 11.6 Å². The van der Waals surface area contributed by atoms with Crippen LogP contribution in [0.4, 0.5) is 5.13 Å². The Kier molecular flexibility index (Phi) is 2.80. The van der Waals surface area contributed by atoms with Gasteiger partial charge in [-0.1, -0.05) is 0 Å². The Morgan fingerprint density at radius 1 is 1.69 bits per heavy atom. The zero-order chi connectivity index (χ0) is 9.10. The number of rotatable bonds is 2. The number of likely N-dealkylation sites (N-methyl/N-ethyl adjacent to an activating group) is 1. The first kappa shape index (κ1) is 8.97. The molecule has 0 aromatic carbocycles. The molecular formula is C9H15N3S. The van der Waals surface area contributed by atoms with Crippen LogP contribution in [0.1, 0.15) is 12.8 Å². The first-order chi connectivity index (χ1) is 6.40. The second-order valence-corrected chi connectivity index (χ2v) is 4.26. The zero-order valence-corrected chi connectivity index (χ0v) is 8.68. The molecule has 0 radical (unpaired) electrons. The van der Waals surface area contributed by atoms with Crippen molar-refractivity contribution in [2.24, 2.45) is 0 Å². The molecule has 1 saturated heterocycles. The lowest BCUT2D eigenvalue weighted by Crippen LogP contribution is -2.44. The Labute approximate surface area is 82.8 Å². The molecule has 3 nitrogen and oxygen atoms in total. The maximum atomic E-state index is 4.33. The van der Waals surface area contributed by atoms with E-state index in [2.05, 4.69) is 15.2 Å². The molecule has 1 aromatic rings. The van der Waals surface area contributed by atoms with Crippen LogP contribution in [-0.2, 0) is 0 Å². The van der Waals surface area contributed by atoms with Crippen molar-refractivity contribution in [1.29, 1.82) is 0 Å². The fourth-order valence-corrected chi connectivity index (χ4v) is 2.44. The molecule has 2 rings (SSSR count). The maximum Gasteiger partial charge on any atom is 0.185 e. The molecule has 0 unspecified atom stereocenters. The van der Waals surface area contributed by atoms with E-state index in [0.29, 0.717) is 6.04 Å². The molecule has 1 fully saturated rings. The van der Waals surface area contributed by atoms with Gasteiger partial charge in [-0.2, -0.15) is 0 Å². The molecule has 0 spiro atoms. The molecule has 0 aliphatic carbocycles. The number of anilines is 1. The van der Waals surface area contributed by atoms with Crippen molar-refractivity contribution < 1.29 is 0 Å². The van der Waals surface area contributed by atoms with E-state index in [9.17, 15) is 0 Å². The monoisotopic (exact) mass is 197 g/mol. The Bertz CT molecular complexity index is 247. The molecule has 4 heteroatoms. The summed E-state index contributed by atoms with van der Waals surface area (Å²) in [5, 5.41) is 6.54. The molecule has 13 heavy (non-hydrogen) atoms. The van der Waals surface area contributed by atoms with Gasteiger partial charge in [-0.3, -0.25) is 0 Å². The van der Waals surface area contributed by atoms with Crippen molar-refractivity contribution in [3.63, 3.8) is 0 Å². The summed E-state index contributed by atoms with van der Waals surface area (Å²) in [5.41, 5.74) is 0. The number of thiazole rings is 1. The van der Waals surface area contributed by atoms with Gasteiger partial charge in [0.25, 0.3) is 0 Å². The molecule has 1 aliphatic heterocycles. The first-order valence-electron chi connectivity index (χ1n) is 4.72. The molecular weight excluding hydrogens is 182 g/mol. The fourth-order valence-electron chi connectivity index (χ4n) is 1.76. The standard InChI is InChI=1S/C9H15N3S/c1-10-8-3-2-5-12(7-8)9-11-4-6-13-9/h4,6,8,10H,2-3,5,7H2,1H3/t8-/m0/s1. The lowest BCUT2D eigenvalue weighted by Gasteiger charge is -2.32. The SMILES string of the molecule is CN[C@H]1CCCN(c2nccs2)C1. The highest BCUT2D eigenvalue weighted by atomic mass is 32.1. The minimum atomic E-state index is 0.637. The van der Waals surface area contributed by atoms with Gasteiger partial charge in [0, 0.05) is 30.7 Å². The molecule has 1 aromatic heterocycles. The predicted octanol–water partition coefficient (Wildman–Crippen LogP) is 1.33. The number of hydrogen-bond acceptors (Lipinski definition) is 4. The molecule has 0 amide bonds. The molecule has 1 atom stereocenters. The summed E-state index contributed by atoms with van der Waals surface area (Å²) in [6.45, 7) is 2.26. The van der Waals surface area contributed by atoms with Crippen LogP contribution in [0.25, 0.3) is 0 Å². The molecule has 72 valence electrons. The minimum Gasteiger partial charge on any atom is -0.347 e. The topological polar surface area (TPSA) is 28.2 Å². The summed E-state index contributed by atoms with van der Waals surface area (Å²) in [6.07, 6.45) is 4.44. The Morgan fingerprint density at radius 3 is 3.31 bits per heavy atom. The Balaban J connectivity index is 2.00. The van der Waals surface area contributed by atoms with Crippen molar-refractivity contribution in [2.75, 3.05) is 25.0 Å². The van der Waals surface area contributed by atoms with Gasteiger partial charge in [-0.25, -0.2) is 4.98 Å². The van der Waals surface area contributed by atoms with Crippen molar-refractivity contribution in [1.82, 2.24) is 10.3 Å². The normalized spacial score (nSPS) is 23.5. The molecule has 0 bridgehead atoms. The van der Waals surface area contributed by atoms with Gasteiger partial charge in [-0.15, -0.1) is 11.3 Å². The van der Waals surface area contributed by atoms with Crippen LogP contribution in [-0.4, -0.2) is 31.2 Å². The third-order valence-corrected chi connectivity index (χ3v) is 3.35.